The highest BCUT2D eigenvalue weighted by Gasteiger charge is 2.33. The number of piperazine rings is 1. The highest BCUT2D eigenvalue weighted by molar-refractivity contribution is 7.80. The van der Waals surface area contributed by atoms with Crippen LogP contribution in [0, 0.1) is 0 Å². The van der Waals surface area contributed by atoms with Crippen molar-refractivity contribution in [1.82, 2.24) is 9.80 Å². The van der Waals surface area contributed by atoms with E-state index in [1.165, 1.54) is 12.1 Å². The smallest absolute Gasteiger partial charge is 0.346 e. The highest BCUT2D eigenvalue weighted by atomic mass is 35.5. The van der Waals surface area contributed by atoms with Crippen LogP contribution < -0.4 is 5.32 Å². The number of hydrogen-bond donors (Lipinski definition) is 1. The standard InChI is InChI=1S/C19H18Cl2F3N3S/c20-15-6-5-13(11-16(15)21)12-26-7-9-27(10-8-26)18(28)25-17-4-2-1-3-14(17)19(22,23)24/h1-6,11H,7-10,12H2,(H,25,28). The van der Waals surface area contributed by atoms with Crippen LogP contribution in [0.3, 0.4) is 0 Å². The van der Waals surface area contributed by atoms with Gasteiger partial charge in [0, 0.05) is 32.7 Å². The van der Waals surface area contributed by atoms with E-state index in [4.69, 9.17) is 35.4 Å². The second kappa shape index (κ2) is 8.86. The molecule has 3 rings (SSSR count). The number of rotatable bonds is 3. The summed E-state index contributed by atoms with van der Waals surface area (Å²) >= 11 is 17.3. The summed E-state index contributed by atoms with van der Waals surface area (Å²) in [5.74, 6) is 0. The van der Waals surface area contributed by atoms with Gasteiger partial charge in [-0.3, -0.25) is 4.90 Å². The van der Waals surface area contributed by atoms with Crippen LogP contribution in [0.4, 0.5) is 18.9 Å². The van der Waals surface area contributed by atoms with Crippen LogP contribution in [0.1, 0.15) is 11.1 Å². The van der Waals surface area contributed by atoms with Gasteiger partial charge in [-0.05, 0) is 42.0 Å². The molecule has 1 aliphatic rings. The average Bonchev–Trinajstić information content (AvgIpc) is 2.65. The first kappa shape index (κ1) is 21.2. The summed E-state index contributed by atoms with van der Waals surface area (Å²) in [6.07, 6.45) is -4.43. The molecule has 0 spiro atoms. The van der Waals surface area contributed by atoms with E-state index in [1.807, 2.05) is 17.0 Å². The SMILES string of the molecule is FC(F)(F)c1ccccc1NC(=S)N1CCN(Cc2ccc(Cl)c(Cl)c2)CC1. The number of nitrogens with zero attached hydrogens (tertiary/aromatic N) is 2. The Morgan fingerprint density at radius 3 is 2.32 bits per heavy atom. The molecular weight excluding hydrogens is 430 g/mol. The quantitative estimate of drug-likeness (QED) is 0.623. The van der Waals surface area contributed by atoms with Gasteiger partial charge in [-0.2, -0.15) is 13.2 Å². The second-order valence-electron chi connectivity index (χ2n) is 6.49. The predicted octanol–water partition coefficient (Wildman–Crippen LogP) is 5.53. The van der Waals surface area contributed by atoms with E-state index >= 15 is 0 Å². The van der Waals surface area contributed by atoms with E-state index in [2.05, 4.69) is 10.2 Å². The summed E-state index contributed by atoms with van der Waals surface area (Å²) in [5, 5.41) is 4.09. The van der Waals surface area contributed by atoms with Crippen molar-refractivity contribution in [3.63, 3.8) is 0 Å². The molecule has 0 unspecified atom stereocenters. The highest BCUT2D eigenvalue weighted by Crippen LogP contribution is 2.34. The molecule has 0 radical (unpaired) electrons. The topological polar surface area (TPSA) is 18.5 Å². The zero-order valence-corrected chi connectivity index (χ0v) is 17.1. The third kappa shape index (κ3) is 5.29. The molecule has 0 aromatic heterocycles. The maximum absolute atomic E-state index is 13.1. The molecule has 0 bridgehead atoms. The minimum Gasteiger partial charge on any atom is -0.346 e. The van der Waals surface area contributed by atoms with Gasteiger partial charge in [0.25, 0.3) is 0 Å². The molecule has 150 valence electrons. The van der Waals surface area contributed by atoms with E-state index in [-0.39, 0.29) is 5.69 Å². The largest absolute Gasteiger partial charge is 0.418 e. The van der Waals surface area contributed by atoms with E-state index in [9.17, 15) is 13.2 Å². The van der Waals surface area contributed by atoms with Gasteiger partial charge in [0.2, 0.25) is 0 Å². The van der Waals surface area contributed by atoms with Gasteiger partial charge in [-0.1, -0.05) is 41.4 Å². The lowest BCUT2D eigenvalue weighted by Crippen LogP contribution is -2.49. The molecule has 3 nitrogen and oxygen atoms in total. The monoisotopic (exact) mass is 447 g/mol. The van der Waals surface area contributed by atoms with Gasteiger partial charge < -0.3 is 10.2 Å². The Kier molecular flexibility index (Phi) is 6.70. The lowest BCUT2D eigenvalue weighted by molar-refractivity contribution is -0.136. The molecule has 1 saturated heterocycles. The van der Waals surface area contributed by atoms with Gasteiger partial charge in [0.05, 0.1) is 21.3 Å². The van der Waals surface area contributed by atoms with E-state index < -0.39 is 11.7 Å². The minimum absolute atomic E-state index is 0.0294. The van der Waals surface area contributed by atoms with Crippen LogP contribution >= 0.6 is 35.4 Å². The second-order valence-corrected chi connectivity index (χ2v) is 7.69. The van der Waals surface area contributed by atoms with Crippen molar-refractivity contribution in [2.24, 2.45) is 0 Å². The lowest BCUT2D eigenvalue weighted by atomic mass is 10.1. The molecule has 0 atom stereocenters. The minimum atomic E-state index is -4.43. The van der Waals surface area contributed by atoms with Crippen molar-refractivity contribution < 1.29 is 13.2 Å². The summed E-state index contributed by atoms with van der Waals surface area (Å²) < 4.78 is 39.4. The Morgan fingerprint density at radius 1 is 1.00 bits per heavy atom. The number of nitrogens with one attached hydrogen (secondary N) is 1. The zero-order chi connectivity index (χ0) is 20.3. The number of hydrogen-bond acceptors (Lipinski definition) is 2. The Labute approximate surface area is 177 Å². The van der Waals surface area contributed by atoms with Crippen molar-refractivity contribution in [2.45, 2.75) is 12.7 Å². The fraction of sp³-hybridized carbons (Fsp3) is 0.316. The number of para-hydroxylation sites is 1. The van der Waals surface area contributed by atoms with Crippen molar-refractivity contribution in [3.05, 3.63) is 63.6 Å². The van der Waals surface area contributed by atoms with Gasteiger partial charge >= 0.3 is 6.18 Å². The number of thiocarbonyl (C=S) groups is 1. The number of halogens is 5. The third-order valence-corrected chi connectivity index (χ3v) is 5.62. The molecule has 2 aromatic carbocycles. The predicted molar refractivity (Wildman–Crippen MR) is 111 cm³/mol. The average molecular weight is 448 g/mol. The molecule has 0 saturated carbocycles. The molecule has 1 N–H and O–H groups in total. The molecule has 0 aliphatic carbocycles. The van der Waals surface area contributed by atoms with Crippen molar-refractivity contribution in [1.29, 1.82) is 0 Å². The number of anilines is 1. The third-order valence-electron chi connectivity index (χ3n) is 4.52. The number of alkyl halides is 3. The molecule has 1 aliphatic heterocycles. The van der Waals surface area contributed by atoms with E-state index in [1.54, 1.807) is 12.1 Å². The van der Waals surface area contributed by atoms with Crippen LogP contribution in [-0.2, 0) is 12.7 Å². The Morgan fingerprint density at radius 2 is 1.68 bits per heavy atom. The molecule has 2 aromatic rings. The first-order valence-electron chi connectivity index (χ1n) is 8.62. The Bertz CT molecular complexity index is 853. The van der Waals surface area contributed by atoms with Crippen molar-refractivity contribution >= 4 is 46.2 Å². The van der Waals surface area contributed by atoms with Gasteiger partial charge in [0.15, 0.2) is 5.11 Å². The summed E-state index contributed by atoms with van der Waals surface area (Å²) in [6, 6.07) is 10.9. The van der Waals surface area contributed by atoms with Gasteiger partial charge in [-0.15, -0.1) is 0 Å². The maximum Gasteiger partial charge on any atom is 0.418 e. The van der Waals surface area contributed by atoms with Crippen molar-refractivity contribution in [3.8, 4) is 0 Å². The number of benzene rings is 2. The first-order valence-corrected chi connectivity index (χ1v) is 9.79. The van der Waals surface area contributed by atoms with Crippen LogP contribution in [0.5, 0.6) is 0 Å². The normalized spacial score (nSPS) is 15.5. The lowest BCUT2D eigenvalue weighted by Gasteiger charge is -2.36. The maximum atomic E-state index is 13.1. The summed E-state index contributed by atoms with van der Waals surface area (Å²) in [6.45, 7) is 3.45. The van der Waals surface area contributed by atoms with Crippen LogP contribution in [0.15, 0.2) is 42.5 Å². The first-order chi connectivity index (χ1) is 13.2. The molecule has 9 heteroatoms. The fourth-order valence-corrected chi connectivity index (χ4v) is 3.65. The molecule has 28 heavy (non-hydrogen) atoms. The summed E-state index contributed by atoms with van der Waals surface area (Å²) in [5.41, 5.74) is 0.302. The molecule has 1 fully saturated rings. The van der Waals surface area contributed by atoms with Crippen LogP contribution in [-0.4, -0.2) is 41.1 Å². The van der Waals surface area contributed by atoms with Gasteiger partial charge in [0.1, 0.15) is 0 Å². The Balaban J connectivity index is 1.56. The Hall–Kier alpha value is -1.54. The summed E-state index contributed by atoms with van der Waals surface area (Å²) in [7, 11) is 0. The molecule has 1 heterocycles. The van der Waals surface area contributed by atoms with Crippen LogP contribution in [0.25, 0.3) is 0 Å². The van der Waals surface area contributed by atoms with Crippen LogP contribution in [0.2, 0.25) is 10.0 Å². The van der Waals surface area contributed by atoms with E-state index in [0.29, 0.717) is 28.2 Å². The fourth-order valence-electron chi connectivity index (χ4n) is 3.04. The molecule has 0 amide bonds. The molecular formula is C19H18Cl2F3N3S. The van der Waals surface area contributed by atoms with Gasteiger partial charge in [-0.25, -0.2) is 0 Å². The van der Waals surface area contributed by atoms with Crippen molar-refractivity contribution in [2.75, 3.05) is 31.5 Å². The zero-order valence-electron chi connectivity index (χ0n) is 14.8. The van der Waals surface area contributed by atoms with E-state index in [0.717, 1.165) is 31.3 Å². The summed E-state index contributed by atoms with van der Waals surface area (Å²) in [4.78, 5) is 4.12.